The van der Waals surface area contributed by atoms with Crippen LogP contribution in [0, 0.1) is 0 Å². The molecule has 5 aliphatic rings. The molecule has 5 heteroatoms. The van der Waals surface area contributed by atoms with E-state index in [-0.39, 0.29) is 12.6 Å². The van der Waals surface area contributed by atoms with Crippen molar-refractivity contribution in [1.82, 2.24) is 0 Å². The second-order valence-corrected chi connectivity index (χ2v) is 10.4. The highest BCUT2D eigenvalue weighted by atomic mass is 16.7. The third kappa shape index (κ3) is 3.51. The topological polar surface area (TPSA) is 27.7 Å². The van der Waals surface area contributed by atoms with Crippen LogP contribution in [0.1, 0.15) is 101 Å². The first-order valence-corrected chi connectivity index (χ1v) is 12.4. The summed E-state index contributed by atoms with van der Waals surface area (Å²) in [6, 6.07) is 8.64. The first-order valence-electron chi connectivity index (χ1n) is 12.4. The summed E-state index contributed by atoms with van der Waals surface area (Å²) in [5.74, 6) is 2.93. The standard InChI is InChI=1S/C24H34B2O3/c1-2-16-22-21(15-1)23(28-25-17-7-3-8-18(25)10-4-9-17)27-24(22)29-26-19-11-5-12-20(26)14-6-13-19/h1-2,15-20,23-24H,3-14H2. The molecule has 1 aromatic carbocycles. The maximum absolute atomic E-state index is 6.76. The van der Waals surface area contributed by atoms with Crippen molar-refractivity contribution in [3.63, 3.8) is 0 Å². The van der Waals surface area contributed by atoms with Gasteiger partial charge in [-0.15, -0.1) is 0 Å². The summed E-state index contributed by atoms with van der Waals surface area (Å²) in [7, 11) is 0. The van der Waals surface area contributed by atoms with Crippen molar-refractivity contribution in [2.45, 2.75) is 113 Å². The van der Waals surface area contributed by atoms with Crippen LogP contribution >= 0.6 is 0 Å². The minimum absolute atomic E-state index is 0.245. The van der Waals surface area contributed by atoms with E-state index in [4.69, 9.17) is 14.0 Å². The molecule has 1 aromatic rings. The molecule has 154 valence electrons. The van der Waals surface area contributed by atoms with Gasteiger partial charge in [-0.25, -0.2) is 0 Å². The summed E-state index contributed by atoms with van der Waals surface area (Å²) in [4.78, 5) is 0. The Kier molecular flexibility index (Phi) is 5.26. The maximum Gasteiger partial charge on any atom is 0.303 e. The molecule has 0 aliphatic carbocycles. The van der Waals surface area contributed by atoms with Crippen LogP contribution in [0.3, 0.4) is 0 Å². The summed E-state index contributed by atoms with van der Waals surface area (Å²) in [6.45, 7) is 0.756. The Bertz CT molecular complexity index is 625. The van der Waals surface area contributed by atoms with Crippen molar-refractivity contribution in [3.05, 3.63) is 35.4 Å². The van der Waals surface area contributed by atoms with Gasteiger partial charge in [0.1, 0.15) is 0 Å². The van der Waals surface area contributed by atoms with E-state index in [0.717, 1.165) is 23.3 Å². The zero-order valence-electron chi connectivity index (χ0n) is 17.6. The highest BCUT2D eigenvalue weighted by Gasteiger charge is 2.47. The van der Waals surface area contributed by atoms with Crippen LogP contribution in [-0.2, 0) is 14.0 Å². The van der Waals surface area contributed by atoms with E-state index in [9.17, 15) is 0 Å². The van der Waals surface area contributed by atoms with Gasteiger partial charge in [-0.3, -0.25) is 0 Å². The van der Waals surface area contributed by atoms with E-state index in [1.807, 2.05) is 0 Å². The monoisotopic (exact) mass is 392 g/mol. The molecule has 3 nitrogen and oxygen atoms in total. The molecular formula is C24H34B2O3. The molecule has 0 aromatic heterocycles. The maximum atomic E-state index is 6.76. The fourth-order valence-electron chi connectivity index (χ4n) is 7.37. The van der Waals surface area contributed by atoms with E-state index in [0.29, 0.717) is 13.8 Å². The van der Waals surface area contributed by atoms with Crippen LogP contribution in [0.5, 0.6) is 0 Å². The minimum atomic E-state index is -0.245. The van der Waals surface area contributed by atoms with Gasteiger partial charge in [-0.05, 0) is 23.3 Å². The quantitative estimate of drug-likeness (QED) is 0.519. The van der Waals surface area contributed by atoms with E-state index in [1.165, 1.54) is 88.2 Å². The van der Waals surface area contributed by atoms with E-state index in [2.05, 4.69) is 24.3 Å². The summed E-state index contributed by atoms with van der Waals surface area (Å²) in [5, 5.41) is 0. The molecule has 29 heavy (non-hydrogen) atoms. The Morgan fingerprint density at radius 1 is 0.586 bits per heavy atom. The van der Waals surface area contributed by atoms with Crippen molar-refractivity contribution in [2.24, 2.45) is 0 Å². The highest BCUT2D eigenvalue weighted by molar-refractivity contribution is 6.56. The van der Waals surface area contributed by atoms with Crippen molar-refractivity contribution < 1.29 is 14.0 Å². The van der Waals surface area contributed by atoms with Crippen LogP contribution in [0.4, 0.5) is 0 Å². The number of rotatable bonds is 4. The molecule has 0 spiro atoms. The lowest BCUT2D eigenvalue weighted by Crippen LogP contribution is -2.39. The molecule has 0 radical (unpaired) electrons. The van der Waals surface area contributed by atoms with Gasteiger partial charge in [0.25, 0.3) is 0 Å². The second kappa shape index (κ2) is 8.05. The number of hydrogen-bond donors (Lipinski definition) is 0. The Hall–Kier alpha value is -0.770. The fraction of sp³-hybridized carbons (Fsp3) is 0.750. The van der Waals surface area contributed by atoms with Gasteiger partial charge in [0, 0.05) is 11.1 Å². The third-order valence-corrected chi connectivity index (χ3v) is 8.77. The second-order valence-electron chi connectivity index (χ2n) is 10.4. The normalized spacial score (nSPS) is 38.8. The van der Waals surface area contributed by atoms with Gasteiger partial charge < -0.3 is 14.0 Å². The Morgan fingerprint density at radius 2 is 0.931 bits per heavy atom. The number of hydrogen-bond acceptors (Lipinski definition) is 3. The number of benzene rings is 1. The average Bonchev–Trinajstić information content (AvgIpc) is 3.05. The van der Waals surface area contributed by atoms with Crippen LogP contribution in [0.25, 0.3) is 0 Å². The van der Waals surface area contributed by atoms with Gasteiger partial charge in [0.2, 0.25) is 0 Å². The van der Waals surface area contributed by atoms with Crippen LogP contribution in [0.2, 0.25) is 23.3 Å². The van der Waals surface area contributed by atoms with E-state index >= 15 is 0 Å². The molecule has 2 unspecified atom stereocenters. The van der Waals surface area contributed by atoms with Gasteiger partial charge >= 0.3 is 13.8 Å². The first kappa shape index (κ1) is 19.0. The lowest BCUT2D eigenvalue weighted by molar-refractivity contribution is -0.177. The molecule has 6 rings (SSSR count). The Morgan fingerprint density at radius 3 is 1.28 bits per heavy atom. The molecule has 0 saturated carbocycles. The van der Waals surface area contributed by atoms with E-state index in [1.54, 1.807) is 0 Å². The predicted octanol–water partition coefficient (Wildman–Crippen LogP) is 6.95. The fourth-order valence-corrected chi connectivity index (χ4v) is 7.37. The molecular weight excluding hydrogens is 358 g/mol. The van der Waals surface area contributed by atoms with Gasteiger partial charge in [-0.1, -0.05) is 101 Å². The van der Waals surface area contributed by atoms with Crippen molar-refractivity contribution >= 4 is 13.8 Å². The van der Waals surface area contributed by atoms with Crippen molar-refractivity contribution in [1.29, 1.82) is 0 Å². The lowest BCUT2D eigenvalue weighted by Gasteiger charge is -2.41. The van der Waals surface area contributed by atoms with Gasteiger partial charge in [0.15, 0.2) is 12.6 Å². The largest absolute Gasteiger partial charge is 0.408 e. The number of fused-ring (bicyclic) bond motifs is 5. The lowest BCUT2D eigenvalue weighted by atomic mass is 9.38. The zero-order chi connectivity index (χ0) is 19.2. The Labute approximate surface area is 176 Å². The van der Waals surface area contributed by atoms with E-state index < -0.39 is 0 Å². The molecule has 2 atom stereocenters. The molecule has 0 amide bonds. The van der Waals surface area contributed by atoms with Gasteiger partial charge in [0.05, 0.1) is 0 Å². The molecule has 4 saturated heterocycles. The van der Waals surface area contributed by atoms with Crippen LogP contribution in [-0.4, -0.2) is 13.8 Å². The summed E-state index contributed by atoms with van der Waals surface area (Å²) in [6.07, 6.45) is 15.7. The highest BCUT2D eigenvalue weighted by Crippen LogP contribution is 2.52. The molecule has 4 fully saturated rings. The molecule has 4 bridgehead atoms. The van der Waals surface area contributed by atoms with Crippen LogP contribution in [0.15, 0.2) is 24.3 Å². The molecule has 5 heterocycles. The average molecular weight is 392 g/mol. The summed E-state index contributed by atoms with van der Waals surface area (Å²) >= 11 is 0. The first-order chi connectivity index (χ1) is 14.4. The zero-order valence-corrected chi connectivity index (χ0v) is 17.6. The summed E-state index contributed by atoms with van der Waals surface area (Å²) < 4.78 is 20.0. The third-order valence-electron chi connectivity index (χ3n) is 8.77. The van der Waals surface area contributed by atoms with Crippen molar-refractivity contribution in [2.75, 3.05) is 0 Å². The summed E-state index contributed by atoms with van der Waals surface area (Å²) in [5.41, 5.74) is 2.42. The number of ether oxygens (including phenoxy) is 1. The molecule has 5 aliphatic heterocycles. The predicted molar refractivity (Wildman–Crippen MR) is 117 cm³/mol. The van der Waals surface area contributed by atoms with Gasteiger partial charge in [-0.2, -0.15) is 0 Å². The smallest absolute Gasteiger partial charge is 0.303 e. The minimum Gasteiger partial charge on any atom is -0.408 e. The van der Waals surface area contributed by atoms with Crippen molar-refractivity contribution in [3.8, 4) is 0 Å². The van der Waals surface area contributed by atoms with Crippen LogP contribution < -0.4 is 0 Å². The SMILES string of the molecule is c1ccc2c(c1)C(OB1C3CCCC1CCC3)OC2OB1C2CCCC1CCC2. The molecule has 0 N–H and O–H groups in total. The Balaban J connectivity index is 1.21.